The molecule has 99 valence electrons. The van der Waals surface area contributed by atoms with Gasteiger partial charge in [-0.3, -0.25) is 4.79 Å². The van der Waals surface area contributed by atoms with E-state index in [0.29, 0.717) is 6.42 Å². The molecular weight excluding hydrogens is 498 g/mol. The molecule has 1 aromatic rings. The number of rotatable bonds is 2. The van der Waals surface area contributed by atoms with E-state index < -0.39 is 0 Å². The molecule has 0 aliphatic carbocycles. The Kier molecular flexibility index (Phi) is 6.97. The molecule has 2 rings (SSSR count). The molecule has 0 saturated carbocycles. The van der Waals surface area contributed by atoms with Crippen LogP contribution in [0.5, 0.6) is 5.75 Å². The van der Waals surface area contributed by atoms with Crippen molar-refractivity contribution in [2.24, 2.45) is 0 Å². The number of carbonyl (C=O) groups excluding carboxylic acids is 1. The van der Waals surface area contributed by atoms with Gasteiger partial charge in [0.2, 0.25) is 5.91 Å². The van der Waals surface area contributed by atoms with Gasteiger partial charge < -0.3 is 9.64 Å². The van der Waals surface area contributed by atoms with Gasteiger partial charge in [0.15, 0.2) is 0 Å². The molecule has 0 aromatic heterocycles. The molecular formula is C13H12BrINO2Y-. The molecule has 3 nitrogen and oxygen atoms in total. The molecule has 0 saturated heterocycles. The molecule has 0 fully saturated rings. The summed E-state index contributed by atoms with van der Waals surface area (Å²) in [5.74, 6) is 0.898. The van der Waals surface area contributed by atoms with E-state index in [1.54, 1.807) is 19.1 Å². The Balaban J connectivity index is 0.00000180. The number of hydrogen-bond donors (Lipinski definition) is 0. The Labute approximate surface area is 160 Å². The molecule has 0 N–H and O–H groups in total. The van der Waals surface area contributed by atoms with Crippen LogP contribution in [0.3, 0.4) is 0 Å². The number of benzene rings is 1. The van der Waals surface area contributed by atoms with Crippen LogP contribution in [-0.2, 0) is 37.5 Å². The zero-order chi connectivity index (χ0) is 13.3. The first-order valence-electron chi connectivity index (χ1n) is 5.41. The number of hydrogen-bond acceptors (Lipinski definition) is 2. The summed E-state index contributed by atoms with van der Waals surface area (Å²) in [6.07, 6.45) is 3.94. The molecule has 0 bridgehead atoms. The van der Waals surface area contributed by atoms with Gasteiger partial charge in [0.05, 0.1) is 11.0 Å². The summed E-state index contributed by atoms with van der Waals surface area (Å²) in [6.45, 7) is 0. The summed E-state index contributed by atoms with van der Waals surface area (Å²) in [5, 5.41) is 0. The van der Waals surface area contributed by atoms with Gasteiger partial charge in [0, 0.05) is 39.8 Å². The average molecular weight is 510 g/mol. The first kappa shape index (κ1) is 17.6. The minimum absolute atomic E-state index is 0. The minimum Gasteiger partial charge on any atom is -0.497 e. The minimum atomic E-state index is -0.0200. The van der Waals surface area contributed by atoms with E-state index in [0.717, 1.165) is 21.5 Å². The second kappa shape index (κ2) is 7.52. The van der Waals surface area contributed by atoms with Crippen molar-refractivity contribution in [3.8, 4) is 5.75 Å². The van der Waals surface area contributed by atoms with Gasteiger partial charge >= 0.3 is 0 Å². The van der Waals surface area contributed by atoms with E-state index in [-0.39, 0.29) is 42.5 Å². The van der Waals surface area contributed by atoms with Crippen LogP contribution in [0.2, 0.25) is 0 Å². The molecule has 1 aliphatic heterocycles. The van der Waals surface area contributed by atoms with Gasteiger partial charge in [0.25, 0.3) is 0 Å². The number of alkyl halides is 1. The van der Waals surface area contributed by atoms with E-state index in [4.69, 9.17) is 4.74 Å². The zero-order valence-corrected chi connectivity index (χ0v) is 17.2. The molecule has 1 amide bonds. The summed E-state index contributed by atoms with van der Waals surface area (Å²) in [4.78, 5) is 13.6. The van der Waals surface area contributed by atoms with Crippen molar-refractivity contribution < 1.29 is 42.2 Å². The SMILES string of the molecule is COc1ccc(C2=[C-]CC(I)C(=O)N2C)c(Br)c1.[Y]. The van der Waals surface area contributed by atoms with Gasteiger partial charge in [-0.2, -0.15) is 0 Å². The first-order chi connectivity index (χ1) is 8.54. The number of allylic oxidation sites excluding steroid dienone is 1. The standard InChI is InChI=1S/C13H12BrINO2.Y/c1-16-12(6-5-11(15)13(16)17)9-4-3-8(18-2)7-10(9)14;/h3-4,7,11H,5H2,1-2H3;/q-1;. The van der Waals surface area contributed by atoms with Crippen LogP contribution in [0.1, 0.15) is 12.0 Å². The maximum absolute atomic E-state index is 12.0. The zero-order valence-electron chi connectivity index (χ0n) is 10.6. The fraction of sp³-hybridized carbons (Fsp3) is 0.308. The number of nitrogens with zero attached hydrogens (tertiary/aromatic N) is 1. The van der Waals surface area contributed by atoms with Gasteiger partial charge in [-0.15, -0.1) is 17.3 Å². The number of amides is 1. The van der Waals surface area contributed by atoms with Gasteiger partial charge in [-0.05, 0) is 12.1 Å². The Hall–Kier alpha value is 0.544. The largest absolute Gasteiger partial charge is 0.497 e. The second-order valence-electron chi connectivity index (χ2n) is 3.94. The van der Waals surface area contributed by atoms with Crippen LogP contribution in [0.4, 0.5) is 0 Å². The quantitative estimate of drug-likeness (QED) is 0.348. The van der Waals surface area contributed by atoms with E-state index in [1.165, 1.54) is 0 Å². The predicted molar refractivity (Wildman–Crippen MR) is 82.5 cm³/mol. The molecule has 19 heavy (non-hydrogen) atoms. The van der Waals surface area contributed by atoms with Crippen molar-refractivity contribution in [3.05, 3.63) is 34.3 Å². The first-order valence-corrected chi connectivity index (χ1v) is 7.45. The number of ether oxygens (including phenoxy) is 1. The van der Waals surface area contributed by atoms with E-state index in [9.17, 15) is 4.79 Å². The predicted octanol–water partition coefficient (Wildman–Crippen LogP) is 3.26. The number of methoxy groups -OCH3 is 1. The van der Waals surface area contributed by atoms with Crippen LogP contribution in [0.25, 0.3) is 5.70 Å². The van der Waals surface area contributed by atoms with Crippen LogP contribution in [0.15, 0.2) is 22.7 Å². The van der Waals surface area contributed by atoms with Crippen molar-refractivity contribution >= 4 is 50.1 Å². The Bertz CT molecular complexity index is 521. The molecule has 1 aromatic carbocycles. The Morgan fingerprint density at radius 3 is 2.79 bits per heavy atom. The fourth-order valence-electron chi connectivity index (χ4n) is 1.80. The Morgan fingerprint density at radius 2 is 2.21 bits per heavy atom. The molecule has 6 heteroatoms. The van der Waals surface area contributed by atoms with Crippen LogP contribution < -0.4 is 4.74 Å². The Morgan fingerprint density at radius 1 is 1.53 bits per heavy atom. The normalized spacial score (nSPS) is 18.7. The summed E-state index contributed by atoms with van der Waals surface area (Å²) < 4.78 is 6.04. The van der Waals surface area contributed by atoms with Crippen LogP contribution >= 0.6 is 38.5 Å². The molecule has 0 spiro atoms. The third-order valence-electron chi connectivity index (χ3n) is 2.81. The third kappa shape index (κ3) is 3.80. The van der Waals surface area contributed by atoms with Crippen molar-refractivity contribution in [2.45, 2.75) is 10.3 Å². The second-order valence-corrected chi connectivity index (χ2v) is 6.30. The van der Waals surface area contributed by atoms with Crippen molar-refractivity contribution in [1.29, 1.82) is 0 Å². The van der Waals surface area contributed by atoms with Crippen molar-refractivity contribution in [1.82, 2.24) is 4.90 Å². The molecule has 1 aliphatic rings. The molecule has 1 heterocycles. The topological polar surface area (TPSA) is 29.5 Å². The van der Waals surface area contributed by atoms with Crippen LogP contribution in [0, 0.1) is 6.08 Å². The maximum atomic E-state index is 12.0. The van der Waals surface area contributed by atoms with E-state index in [2.05, 4.69) is 44.6 Å². The summed E-state index contributed by atoms with van der Waals surface area (Å²) in [7, 11) is 3.41. The van der Waals surface area contributed by atoms with Gasteiger partial charge in [-0.25, -0.2) is 6.08 Å². The van der Waals surface area contributed by atoms with E-state index in [1.807, 2.05) is 18.2 Å². The van der Waals surface area contributed by atoms with Gasteiger partial charge in [-0.1, -0.05) is 49.4 Å². The summed E-state index contributed by atoms with van der Waals surface area (Å²) in [6, 6.07) is 5.70. The molecule has 1 unspecified atom stereocenters. The monoisotopic (exact) mass is 509 g/mol. The van der Waals surface area contributed by atoms with E-state index >= 15 is 0 Å². The third-order valence-corrected chi connectivity index (χ3v) is 4.44. The molecule has 1 atom stereocenters. The molecule has 1 radical (unpaired) electrons. The van der Waals surface area contributed by atoms with Crippen LogP contribution in [-0.4, -0.2) is 28.9 Å². The number of carbonyl (C=O) groups is 1. The van der Waals surface area contributed by atoms with Gasteiger partial charge in [0.1, 0.15) is 5.75 Å². The fourth-order valence-corrected chi connectivity index (χ4v) is 2.99. The smallest absolute Gasteiger partial charge is 0.235 e. The summed E-state index contributed by atoms with van der Waals surface area (Å²) in [5.41, 5.74) is 1.78. The van der Waals surface area contributed by atoms with Crippen molar-refractivity contribution in [2.75, 3.05) is 14.2 Å². The number of halogens is 2. The van der Waals surface area contributed by atoms with Crippen molar-refractivity contribution in [3.63, 3.8) is 0 Å². The average Bonchev–Trinajstić information content (AvgIpc) is 2.37. The maximum Gasteiger partial charge on any atom is 0.235 e. The summed E-state index contributed by atoms with van der Waals surface area (Å²) >= 11 is 5.65.